The highest BCUT2D eigenvalue weighted by atomic mass is 15.3. The van der Waals surface area contributed by atoms with Crippen LogP contribution in [0.2, 0.25) is 0 Å². The molecule has 0 aliphatic carbocycles. The third-order valence-corrected chi connectivity index (χ3v) is 1.89. The molecule has 3 heterocycles. The summed E-state index contributed by atoms with van der Waals surface area (Å²) in [6, 6.07) is 1.76. The number of fused-ring (bicyclic) bond motifs is 1. The minimum atomic E-state index is 0.473. The summed E-state index contributed by atoms with van der Waals surface area (Å²) < 4.78 is 1.58. The first-order chi connectivity index (χ1) is 7.45. The molecule has 7 heteroatoms. The van der Waals surface area contributed by atoms with Crippen LogP contribution in [0, 0.1) is 0 Å². The first kappa shape index (κ1) is 7.92. The topological polar surface area (TPSA) is 81.8 Å². The maximum atomic E-state index is 4.16. The van der Waals surface area contributed by atoms with Crippen molar-refractivity contribution in [2.45, 2.75) is 0 Å². The van der Waals surface area contributed by atoms with E-state index in [1.165, 1.54) is 19.0 Å². The zero-order chi connectivity index (χ0) is 10.1. The average Bonchev–Trinajstić information content (AvgIpc) is 2.78. The molecule has 3 rings (SSSR count). The molecule has 0 aromatic carbocycles. The SMILES string of the molecule is c1ncnc(-c2nccc3ncnn23)n1. The van der Waals surface area contributed by atoms with Crippen LogP contribution in [0.15, 0.2) is 31.2 Å². The molecule has 72 valence electrons. The lowest BCUT2D eigenvalue weighted by Crippen LogP contribution is -2.00. The molecule has 0 atom stereocenters. The van der Waals surface area contributed by atoms with Gasteiger partial charge in [-0.05, 0) is 0 Å². The third-order valence-electron chi connectivity index (χ3n) is 1.89. The Hall–Kier alpha value is -2.44. The van der Waals surface area contributed by atoms with E-state index in [4.69, 9.17) is 0 Å². The normalized spacial score (nSPS) is 10.7. The van der Waals surface area contributed by atoms with Gasteiger partial charge in [0.05, 0.1) is 0 Å². The van der Waals surface area contributed by atoms with Crippen LogP contribution >= 0.6 is 0 Å². The maximum absolute atomic E-state index is 4.16. The van der Waals surface area contributed by atoms with Gasteiger partial charge in [0.25, 0.3) is 0 Å². The van der Waals surface area contributed by atoms with Crippen LogP contribution in [-0.2, 0) is 0 Å². The van der Waals surface area contributed by atoms with Gasteiger partial charge in [0.1, 0.15) is 19.0 Å². The fraction of sp³-hybridized carbons (Fsp3) is 0. The summed E-state index contributed by atoms with van der Waals surface area (Å²) in [7, 11) is 0. The van der Waals surface area contributed by atoms with Gasteiger partial charge in [-0.3, -0.25) is 0 Å². The van der Waals surface area contributed by atoms with Gasteiger partial charge in [0.2, 0.25) is 11.6 Å². The Kier molecular flexibility index (Phi) is 1.61. The molecule has 0 spiro atoms. The maximum Gasteiger partial charge on any atom is 0.201 e. The smallest absolute Gasteiger partial charge is 0.201 e. The van der Waals surface area contributed by atoms with E-state index in [9.17, 15) is 0 Å². The van der Waals surface area contributed by atoms with E-state index < -0.39 is 0 Å². The number of hydrogen-bond donors (Lipinski definition) is 0. The average molecular weight is 199 g/mol. The summed E-state index contributed by atoms with van der Waals surface area (Å²) in [6.07, 6.45) is 5.93. The Morgan fingerprint density at radius 1 is 0.933 bits per heavy atom. The summed E-state index contributed by atoms with van der Waals surface area (Å²) in [6.45, 7) is 0. The Labute approximate surface area is 83.9 Å². The van der Waals surface area contributed by atoms with Crippen LogP contribution in [0.1, 0.15) is 0 Å². The van der Waals surface area contributed by atoms with Gasteiger partial charge in [-0.2, -0.15) is 9.61 Å². The van der Waals surface area contributed by atoms with E-state index in [1.807, 2.05) is 0 Å². The molecule has 0 saturated heterocycles. The Morgan fingerprint density at radius 2 is 1.80 bits per heavy atom. The molecule has 0 unspecified atom stereocenters. The Bertz CT molecular complexity index is 588. The number of hydrogen-bond acceptors (Lipinski definition) is 6. The second-order valence-electron chi connectivity index (χ2n) is 2.76. The second kappa shape index (κ2) is 3.05. The lowest BCUT2D eigenvalue weighted by molar-refractivity contribution is 0.904. The standard InChI is InChI=1S/C8H5N7/c1-2-10-8(7-12-3-9-4-13-7)15-6(1)11-5-14-15/h1-5H. The highest BCUT2D eigenvalue weighted by Gasteiger charge is 2.07. The van der Waals surface area contributed by atoms with Gasteiger partial charge in [0, 0.05) is 12.3 Å². The molecule has 0 amide bonds. The fourth-order valence-electron chi connectivity index (χ4n) is 1.26. The van der Waals surface area contributed by atoms with E-state index in [-0.39, 0.29) is 0 Å². The quantitative estimate of drug-likeness (QED) is 0.547. The monoisotopic (exact) mass is 199 g/mol. The number of nitrogens with zero attached hydrogens (tertiary/aromatic N) is 7. The first-order valence-corrected chi connectivity index (χ1v) is 4.22. The molecule has 0 N–H and O–H groups in total. The van der Waals surface area contributed by atoms with Crippen LogP contribution in [0.4, 0.5) is 0 Å². The van der Waals surface area contributed by atoms with Crippen LogP contribution < -0.4 is 0 Å². The molecular formula is C8H5N7. The molecule has 0 aliphatic heterocycles. The third kappa shape index (κ3) is 1.21. The summed E-state index contributed by atoms with van der Waals surface area (Å²) in [5.41, 5.74) is 0.709. The van der Waals surface area contributed by atoms with Gasteiger partial charge < -0.3 is 0 Å². The zero-order valence-corrected chi connectivity index (χ0v) is 7.52. The van der Waals surface area contributed by atoms with Crippen molar-refractivity contribution in [2.75, 3.05) is 0 Å². The summed E-state index contributed by atoms with van der Waals surface area (Å²) in [4.78, 5) is 20.0. The molecule has 0 radical (unpaired) electrons. The highest BCUT2D eigenvalue weighted by molar-refractivity contribution is 5.49. The highest BCUT2D eigenvalue weighted by Crippen LogP contribution is 2.09. The predicted octanol–water partition coefficient (Wildman–Crippen LogP) is -0.0237. The summed E-state index contributed by atoms with van der Waals surface area (Å²) >= 11 is 0. The number of aromatic nitrogens is 7. The van der Waals surface area contributed by atoms with Crippen molar-refractivity contribution in [3.63, 3.8) is 0 Å². The van der Waals surface area contributed by atoms with Gasteiger partial charge in [-0.15, -0.1) is 0 Å². The largest absolute Gasteiger partial charge is 0.234 e. The Morgan fingerprint density at radius 3 is 2.67 bits per heavy atom. The van der Waals surface area contributed by atoms with Crippen molar-refractivity contribution in [3.8, 4) is 11.6 Å². The van der Waals surface area contributed by atoms with E-state index in [1.54, 1.807) is 16.8 Å². The summed E-state index contributed by atoms with van der Waals surface area (Å²) in [5.74, 6) is 1.02. The van der Waals surface area contributed by atoms with Crippen LogP contribution in [0.5, 0.6) is 0 Å². The van der Waals surface area contributed by atoms with Gasteiger partial charge in [-0.25, -0.2) is 24.9 Å². The minimum absolute atomic E-state index is 0.473. The van der Waals surface area contributed by atoms with Crippen molar-refractivity contribution in [3.05, 3.63) is 31.2 Å². The molecule has 0 saturated carbocycles. The van der Waals surface area contributed by atoms with Crippen LogP contribution in [-0.4, -0.2) is 34.5 Å². The Balaban J connectivity index is 2.31. The molecule has 15 heavy (non-hydrogen) atoms. The van der Waals surface area contributed by atoms with Crippen LogP contribution in [0.25, 0.3) is 17.3 Å². The van der Waals surface area contributed by atoms with Gasteiger partial charge >= 0.3 is 0 Å². The minimum Gasteiger partial charge on any atom is -0.234 e. The van der Waals surface area contributed by atoms with Crippen molar-refractivity contribution in [1.82, 2.24) is 34.5 Å². The van der Waals surface area contributed by atoms with Crippen molar-refractivity contribution < 1.29 is 0 Å². The molecule has 3 aromatic heterocycles. The summed E-state index contributed by atoms with van der Waals surface area (Å²) in [5, 5.41) is 4.04. The lowest BCUT2D eigenvalue weighted by Gasteiger charge is -1.99. The van der Waals surface area contributed by atoms with E-state index in [0.717, 1.165) is 0 Å². The first-order valence-electron chi connectivity index (χ1n) is 4.22. The van der Waals surface area contributed by atoms with E-state index >= 15 is 0 Å². The van der Waals surface area contributed by atoms with Crippen molar-refractivity contribution in [2.24, 2.45) is 0 Å². The van der Waals surface area contributed by atoms with E-state index in [0.29, 0.717) is 17.3 Å². The molecule has 0 aliphatic rings. The van der Waals surface area contributed by atoms with Crippen molar-refractivity contribution >= 4 is 5.65 Å². The molecule has 0 fully saturated rings. The molecule has 7 nitrogen and oxygen atoms in total. The van der Waals surface area contributed by atoms with Crippen LogP contribution in [0.3, 0.4) is 0 Å². The zero-order valence-electron chi connectivity index (χ0n) is 7.52. The van der Waals surface area contributed by atoms with Crippen molar-refractivity contribution in [1.29, 1.82) is 0 Å². The van der Waals surface area contributed by atoms with E-state index in [2.05, 4.69) is 30.0 Å². The molecule has 0 bridgehead atoms. The lowest BCUT2D eigenvalue weighted by atomic mass is 10.5. The van der Waals surface area contributed by atoms with Gasteiger partial charge in [0.15, 0.2) is 5.65 Å². The predicted molar refractivity (Wildman–Crippen MR) is 49.6 cm³/mol. The second-order valence-corrected chi connectivity index (χ2v) is 2.76. The van der Waals surface area contributed by atoms with Gasteiger partial charge in [-0.1, -0.05) is 0 Å². The fourth-order valence-corrected chi connectivity index (χ4v) is 1.26. The number of rotatable bonds is 1. The molecular weight excluding hydrogens is 194 g/mol. The molecule has 3 aromatic rings.